The van der Waals surface area contributed by atoms with Crippen molar-refractivity contribution in [2.24, 2.45) is 0 Å². The van der Waals surface area contributed by atoms with Crippen molar-refractivity contribution in [3.05, 3.63) is 56.6 Å². The van der Waals surface area contributed by atoms with Gasteiger partial charge in [-0.1, -0.05) is 35.0 Å². The fraction of sp³-hybridized carbons (Fsp3) is 0.278. The number of benzene rings is 1. The van der Waals surface area contributed by atoms with Crippen LogP contribution in [0.2, 0.25) is 5.02 Å². The van der Waals surface area contributed by atoms with E-state index in [1.165, 1.54) is 11.3 Å². The average molecular weight is 428 g/mol. The van der Waals surface area contributed by atoms with Crippen molar-refractivity contribution in [3.63, 3.8) is 0 Å². The lowest BCUT2D eigenvalue weighted by Crippen LogP contribution is -2.36. The Morgan fingerprint density at radius 3 is 2.82 bits per heavy atom. The van der Waals surface area contributed by atoms with Gasteiger partial charge in [0.25, 0.3) is 0 Å². The Morgan fingerprint density at radius 2 is 2.11 bits per heavy atom. The lowest BCUT2D eigenvalue weighted by Gasteiger charge is -2.27. The highest BCUT2D eigenvalue weighted by Crippen LogP contribution is 2.36. The van der Waals surface area contributed by atoms with Crippen LogP contribution in [0.3, 0.4) is 0 Å². The number of carbonyl (C=O) groups is 1. The molecule has 3 heterocycles. The van der Waals surface area contributed by atoms with Gasteiger partial charge in [-0.05, 0) is 23.6 Å². The number of alkyl halides is 3. The van der Waals surface area contributed by atoms with E-state index in [4.69, 9.17) is 11.6 Å². The molecule has 1 amide bonds. The molecule has 0 unspecified atom stereocenters. The predicted molar refractivity (Wildman–Crippen MR) is 96.9 cm³/mol. The van der Waals surface area contributed by atoms with Crippen LogP contribution in [-0.2, 0) is 30.4 Å². The first-order valence-corrected chi connectivity index (χ1v) is 9.60. The number of nitrogens with zero attached hydrogens (tertiary/aromatic N) is 3. The molecule has 0 atom stereocenters. The summed E-state index contributed by atoms with van der Waals surface area (Å²) in [6, 6.07) is 7.13. The Kier molecular flexibility index (Phi) is 4.88. The third kappa shape index (κ3) is 3.64. The van der Waals surface area contributed by atoms with Gasteiger partial charge in [0.1, 0.15) is 0 Å². The number of carbonyl (C=O) groups excluding carboxylic acids is 1. The van der Waals surface area contributed by atoms with Crippen molar-refractivity contribution in [1.29, 1.82) is 0 Å². The van der Waals surface area contributed by atoms with Gasteiger partial charge in [-0.2, -0.15) is 18.2 Å². The minimum atomic E-state index is -4.70. The standard InChI is InChI=1S/C18H13ClF3N3O2S/c19-13-4-2-1-3-10(13)7-15(26)25-6-5-14-11(8-25)12(9-28-14)16-23-17(27-24-16)18(20,21)22/h1-4,9H,5-8H2. The summed E-state index contributed by atoms with van der Waals surface area (Å²) in [5.41, 5.74) is 1.96. The second-order valence-electron chi connectivity index (χ2n) is 6.31. The molecular weight excluding hydrogens is 415 g/mol. The number of hydrogen-bond acceptors (Lipinski definition) is 5. The van der Waals surface area contributed by atoms with Crippen molar-refractivity contribution >= 4 is 28.8 Å². The Balaban J connectivity index is 1.55. The zero-order chi connectivity index (χ0) is 19.9. The molecule has 0 radical (unpaired) electrons. The molecule has 1 aromatic carbocycles. The lowest BCUT2D eigenvalue weighted by atomic mass is 10.0. The summed E-state index contributed by atoms with van der Waals surface area (Å²) >= 11 is 7.55. The molecule has 0 bridgehead atoms. The Hall–Kier alpha value is -2.39. The van der Waals surface area contributed by atoms with E-state index in [2.05, 4.69) is 14.7 Å². The van der Waals surface area contributed by atoms with Crippen LogP contribution in [0.25, 0.3) is 11.4 Å². The van der Waals surface area contributed by atoms with Crippen molar-refractivity contribution in [1.82, 2.24) is 15.0 Å². The van der Waals surface area contributed by atoms with Crippen LogP contribution >= 0.6 is 22.9 Å². The van der Waals surface area contributed by atoms with Gasteiger partial charge >= 0.3 is 12.1 Å². The SMILES string of the molecule is O=C(Cc1ccccc1Cl)N1CCc2scc(-c3noc(C(F)(F)F)n3)c2C1. The van der Waals surface area contributed by atoms with Crippen molar-refractivity contribution < 1.29 is 22.5 Å². The zero-order valence-electron chi connectivity index (χ0n) is 14.3. The molecule has 5 nitrogen and oxygen atoms in total. The number of aromatic nitrogens is 2. The molecule has 0 saturated heterocycles. The van der Waals surface area contributed by atoms with Gasteiger partial charge in [0.2, 0.25) is 11.7 Å². The van der Waals surface area contributed by atoms with Gasteiger partial charge in [0.05, 0.1) is 6.42 Å². The van der Waals surface area contributed by atoms with Gasteiger partial charge < -0.3 is 9.42 Å². The highest BCUT2D eigenvalue weighted by Gasteiger charge is 2.39. The minimum absolute atomic E-state index is 0.0972. The quantitative estimate of drug-likeness (QED) is 0.613. The normalized spacial score (nSPS) is 14.2. The number of amides is 1. The van der Waals surface area contributed by atoms with Crippen LogP contribution in [0.1, 0.15) is 21.9 Å². The Bertz CT molecular complexity index is 1030. The van der Waals surface area contributed by atoms with Crippen LogP contribution in [0, 0.1) is 0 Å². The molecule has 3 aromatic rings. The summed E-state index contributed by atoms with van der Waals surface area (Å²) in [5, 5.41) is 5.69. The fourth-order valence-corrected chi connectivity index (χ4v) is 4.31. The summed E-state index contributed by atoms with van der Waals surface area (Å²) in [6.07, 6.45) is -3.91. The summed E-state index contributed by atoms with van der Waals surface area (Å²) in [4.78, 5) is 18.9. The van der Waals surface area contributed by atoms with E-state index in [1.54, 1.807) is 28.5 Å². The molecule has 1 aliphatic rings. The summed E-state index contributed by atoms with van der Waals surface area (Å²) < 4.78 is 42.5. The maximum Gasteiger partial charge on any atom is 0.471 e. The molecule has 0 spiro atoms. The lowest BCUT2D eigenvalue weighted by molar-refractivity contribution is -0.159. The molecule has 2 aromatic heterocycles. The Morgan fingerprint density at radius 1 is 1.32 bits per heavy atom. The maximum atomic E-state index is 12.7. The molecule has 0 aliphatic carbocycles. The highest BCUT2D eigenvalue weighted by atomic mass is 35.5. The predicted octanol–water partition coefficient (Wildman–Crippen LogP) is 4.60. The van der Waals surface area contributed by atoms with E-state index in [0.717, 1.165) is 16.0 Å². The van der Waals surface area contributed by atoms with Crippen molar-refractivity contribution in [3.8, 4) is 11.4 Å². The molecule has 0 saturated carbocycles. The monoisotopic (exact) mass is 427 g/mol. The molecule has 0 fully saturated rings. The average Bonchev–Trinajstić information content (AvgIpc) is 3.29. The summed E-state index contributed by atoms with van der Waals surface area (Å²) in [7, 11) is 0. The summed E-state index contributed by atoms with van der Waals surface area (Å²) in [6.45, 7) is 0.823. The molecule has 1 aliphatic heterocycles. The highest BCUT2D eigenvalue weighted by molar-refractivity contribution is 7.10. The zero-order valence-corrected chi connectivity index (χ0v) is 15.9. The van der Waals surface area contributed by atoms with Crippen molar-refractivity contribution in [2.75, 3.05) is 6.54 Å². The second-order valence-corrected chi connectivity index (χ2v) is 7.68. The van der Waals surface area contributed by atoms with E-state index in [9.17, 15) is 18.0 Å². The van der Waals surface area contributed by atoms with Gasteiger partial charge in [-0.3, -0.25) is 4.79 Å². The van der Waals surface area contributed by atoms with E-state index >= 15 is 0 Å². The topological polar surface area (TPSA) is 59.2 Å². The number of fused-ring (bicyclic) bond motifs is 1. The van der Waals surface area contributed by atoms with Crippen LogP contribution in [-0.4, -0.2) is 27.5 Å². The molecule has 10 heteroatoms. The largest absolute Gasteiger partial charge is 0.471 e. The van der Waals surface area contributed by atoms with Gasteiger partial charge in [-0.25, -0.2) is 0 Å². The van der Waals surface area contributed by atoms with E-state index in [-0.39, 0.29) is 24.7 Å². The second kappa shape index (κ2) is 7.21. The third-order valence-corrected chi connectivity index (χ3v) is 5.96. The van der Waals surface area contributed by atoms with Crippen LogP contribution in [0.15, 0.2) is 34.2 Å². The molecule has 146 valence electrons. The first-order chi connectivity index (χ1) is 13.3. The Labute approximate surface area is 166 Å². The van der Waals surface area contributed by atoms with Crippen LogP contribution < -0.4 is 0 Å². The number of rotatable bonds is 3. The third-order valence-electron chi connectivity index (χ3n) is 4.50. The smallest absolute Gasteiger partial charge is 0.338 e. The fourth-order valence-electron chi connectivity index (χ4n) is 3.08. The van der Waals surface area contributed by atoms with E-state index < -0.39 is 12.1 Å². The minimum Gasteiger partial charge on any atom is -0.338 e. The maximum absolute atomic E-state index is 12.7. The molecular formula is C18H13ClF3N3O2S. The first-order valence-electron chi connectivity index (χ1n) is 8.34. The number of thiophene rings is 1. The molecule has 4 rings (SSSR count). The number of hydrogen-bond donors (Lipinski definition) is 0. The van der Waals surface area contributed by atoms with E-state index in [1.807, 2.05) is 6.07 Å². The number of halogens is 4. The first kappa shape index (κ1) is 18.9. The molecule has 28 heavy (non-hydrogen) atoms. The summed E-state index contributed by atoms with van der Waals surface area (Å²) in [5.74, 6) is -1.60. The van der Waals surface area contributed by atoms with Gasteiger partial charge in [0, 0.05) is 33.9 Å². The van der Waals surface area contributed by atoms with Gasteiger partial charge in [-0.15, -0.1) is 11.3 Å². The van der Waals surface area contributed by atoms with Crippen LogP contribution in [0.5, 0.6) is 0 Å². The molecule has 0 N–H and O–H groups in total. The van der Waals surface area contributed by atoms with Gasteiger partial charge in [0.15, 0.2) is 0 Å². The van der Waals surface area contributed by atoms with Crippen LogP contribution in [0.4, 0.5) is 13.2 Å². The van der Waals surface area contributed by atoms with Crippen molar-refractivity contribution in [2.45, 2.75) is 25.6 Å². The van der Waals surface area contributed by atoms with E-state index in [0.29, 0.717) is 23.6 Å².